The monoisotopic (exact) mass is 548 g/mol. The molecule has 0 unspecified atom stereocenters. The highest BCUT2D eigenvalue weighted by Gasteiger charge is 2.52. The van der Waals surface area contributed by atoms with Crippen molar-refractivity contribution in [1.82, 2.24) is 10.4 Å². The van der Waals surface area contributed by atoms with Gasteiger partial charge in [-0.3, -0.25) is 10.0 Å². The number of ether oxygens (including phenoxy) is 2. The molecular weight excluding hydrogens is 521 g/mol. The lowest BCUT2D eigenvalue weighted by molar-refractivity contribution is -0.274. The summed E-state index contributed by atoms with van der Waals surface area (Å²) >= 11 is 1.73. The van der Waals surface area contributed by atoms with Gasteiger partial charge in [-0.25, -0.2) is 13.9 Å². The number of nitrogens with zero attached hydrogens (tertiary/aromatic N) is 1. The second-order valence-corrected chi connectivity index (χ2v) is 11.5. The summed E-state index contributed by atoms with van der Waals surface area (Å²) in [6.45, 7) is 1.60. The van der Waals surface area contributed by atoms with Crippen molar-refractivity contribution in [3.05, 3.63) is 48.5 Å². The van der Waals surface area contributed by atoms with E-state index in [0.717, 1.165) is 30.9 Å². The summed E-state index contributed by atoms with van der Waals surface area (Å²) in [6, 6.07) is 10.1. The molecule has 3 rings (SSSR count). The molecule has 1 aliphatic heterocycles. The summed E-state index contributed by atoms with van der Waals surface area (Å²) in [4.78, 5) is 14.6. The van der Waals surface area contributed by atoms with Crippen molar-refractivity contribution in [3.63, 3.8) is 0 Å². The number of halogens is 3. The third-order valence-electron chi connectivity index (χ3n) is 5.94. The highest BCUT2D eigenvalue weighted by atomic mass is 32.2. The van der Waals surface area contributed by atoms with Crippen molar-refractivity contribution in [3.8, 4) is 17.2 Å². The van der Waals surface area contributed by atoms with Gasteiger partial charge in [0.05, 0.1) is 4.90 Å². The van der Waals surface area contributed by atoms with Crippen LogP contribution >= 0.6 is 11.8 Å². The second kappa shape index (κ2) is 11.7. The zero-order valence-electron chi connectivity index (χ0n) is 19.5. The molecule has 36 heavy (non-hydrogen) atoms. The summed E-state index contributed by atoms with van der Waals surface area (Å²) in [5, 5.41) is 9.32. The number of carbonyl (C=O) groups excluding carboxylic acids is 1. The molecule has 0 bridgehead atoms. The highest BCUT2D eigenvalue weighted by molar-refractivity contribution is 7.98. The Hall–Kier alpha value is -2.48. The standard InChI is InChI=1S/C23H27F3N2O6S2/c1-35-16-2-13-28-14-11-22(12-15-28,21(29)27-30)36(31,32)20-9-7-18(8-10-20)33-17-3-5-19(6-4-17)34-23(24,25)26/h3-10,30H,2,11-16H2,1H3,(H,27,29). The maximum atomic E-state index is 13.6. The lowest BCUT2D eigenvalue weighted by atomic mass is 9.95. The van der Waals surface area contributed by atoms with Crippen LogP contribution < -0.4 is 15.0 Å². The molecule has 1 saturated heterocycles. The molecule has 1 heterocycles. The van der Waals surface area contributed by atoms with Gasteiger partial charge in [0.1, 0.15) is 17.2 Å². The lowest BCUT2D eigenvalue weighted by Crippen LogP contribution is -2.57. The molecule has 198 valence electrons. The minimum Gasteiger partial charge on any atom is -0.457 e. The van der Waals surface area contributed by atoms with Crippen LogP contribution in [0.2, 0.25) is 0 Å². The van der Waals surface area contributed by atoms with Crippen LogP contribution in [-0.4, -0.2) is 67.2 Å². The Morgan fingerprint density at radius 1 is 1.06 bits per heavy atom. The van der Waals surface area contributed by atoms with Crippen LogP contribution in [0, 0.1) is 0 Å². The Bertz CT molecular complexity index is 1120. The number of hydroxylamine groups is 1. The molecule has 0 radical (unpaired) electrons. The van der Waals surface area contributed by atoms with E-state index in [-0.39, 0.29) is 29.2 Å². The summed E-state index contributed by atoms with van der Waals surface area (Å²) < 4.78 is 71.6. The van der Waals surface area contributed by atoms with Gasteiger partial charge in [-0.2, -0.15) is 11.8 Å². The molecular formula is C23H27F3N2O6S2. The number of nitrogens with one attached hydrogen (secondary N) is 1. The Kier molecular flexibility index (Phi) is 9.14. The van der Waals surface area contributed by atoms with Crippen LogP contribution in [0.3, 0.4) is 0 Å². The normalized spacial score (nSPS) is 16.4. The Balaban J connectivity index is 1.73. The average Bonchev–Trinajstić information content (AvgIpc) is 2.85. The predicted octanol–water partition coefficient (Wildman–Crippen LogP) is 4.24. The number of rotatable bonds is 10. The van der Waals surface area contributed by atoms with E-state index >= 15 is 0 Å². The third-order valence-corrected chi connectivity index (χ3v) is 9.16. The molecule has 8 nitrogen and oxygen atoms in total. The van der Waals surface area contributed by atoms with E-state index < -0.39 is 32.6 Å². The number of sulfone groups is 1. The molecule has 2 aromatic rings. The fourth-order valence-electron chi connectivity index (χ4n) is 4.05. The molecule has 1 amide bonds. The highest BCUT2D eigenvalue weighted by Crippen LogP contribution is 2.37. The van der Waals surface area contributed by atoms with E-state index in [1.54, 1.807) is 11.8 Å². The van der Waals surface area contributed by atoms with E-state index in [2.05, 4.69) is 9.64 Å². The van der Waals surface area contributed by atoms with Gasteiger partial charge in [-0.05, 0) is 86.3 Å². The second-order valence-electron chi connectivity index (χ2n) is 8.22. The first-order valence-electron chi connectivity index (χ1n) is 11.0. The molecule has 0 spiro atoms. The maximum Gasteiger partial charge on any atom is 0.573 e. The number of amides is 1. The first-order chi connectivity index (χ1) is 17.0. The Labute approximate surface area is 211 Å². The van der Waals surface area contributed by atoms with Crippen LogP contribution in [0.4, 0.5) is 13.2 Å². The van der Waals surface area contributed by atoms with Gasteiger partial charge >= 0.3 is 6.36 Å². The lowest BCUT2D eigenvalue weighted by Gasteiger charge is -2.39. The van der Waals surface area contributed by atoms with Gasteiger partial charge in [0.15, 0.2) is 14.6 Å². The van der Waals surface area contributed by atoms with E-state index in [9.17, 15) is 31.6 Å². The summed E-state index contributed by atoms with van der Waals surface area (Å²) in [7, 11) is -4.18. The van der Waals surface area contributed by atoms with Gasteiger partial charge in [0.2, 0.25) is 0 Å². The van der Waals surface area contributed by atoms with Gasteiger partial charge in [0, 0.05) is 13.1 Å². The molecule has 0 saturated carbocycles. The molecule has 0 aromatic heterocycles. The summed E-state index contributed by atoms with van der Waals surface area (Å²) in [5.41, 5.74) is 1.54. The van der Waals surface area contributed by atoms with Crippen LogP contribution in [0.15, 0.2) is 53.4 Å². The van der Waals surface area contributed by atoms with Crippen LogP contribution in [0.1, 0.15) is 19.3 Å². The third kappa shape index (κ3) is 6.64. The maximum absolute atomic E-state index is 13.6. The number of benzene rings is 2. The summed E-state index contributed by atoms with van der Waals surface area (Å²) in [6.07, 6.45) is -1.78. The molecule has 1 fully saturated rings. The number of hydrogen-bond donors (Lipinski definition) is 2. The molecule has 1 aliphatic rings. The van der Waals surface area contributed by atoms with Gasteiger partial charge < -0.3 is 14.4 Å². The SMILES string of the molecule is CSCCCN1CCC(C(=O)NO)(S(=O)(=O)c2ccc(Oc3ccc(OC(F)(F)F)cc3)cc2)CC1. The fourth-order valence-corrected chi connectivity index (χ4v) is 6.42. The minimum absolute atomic E-state index is 0.0333. The molecule has 13 heteroatoms. The van der Waals surface area contributed by atoms with Crippen molar-refractivity contribution in [2.24, 2.45) is 0 Å². The Morgan fingerprint density at radius 2 is 1.58 bits per heavy atom. The topological polar surface area (TPSA) is 105 Å². The van der Waals surface area contributed by atoms with Crippen LogP contribution in [-0.2, 0) is 14.6 Å². The first-order valence-corrected chi connectivity index (χ1v) is 13.9. The zero-order chi connectivity index (χ0) is 26.4. The van der Waals surface area contributed by atoms with Crippen LogP contribution in [0.25, 0.3) is 0 Å². The van der Waals surface area contributed by atoms with E-state index in [0.29, 0.717) is 13.1 Å². The van der Waals surface area contributed by atoms with Crippen molar-refractivity contribution >= 4 is 27.5 Å². The zero-order valence-corrected chi connectivity index (χ0v) is 21.1. The smallest absolute Gasteiger partial charge is 0.457 e. The van der Waals surface area contributed by atoms with Gasteiger partial charge in [0.25, 0.3) is 5.91 Å². The number of hydrogen-bond acceptors (Lipinski definition) is 8. The summed E-state index contributed by atoms with van der Waals surface area (Å²) in [5.74, 6) is 0.0661. The van der Waals surface area contributed by atoms with Crippen LogP contribution in [0.5, 0.6) is 17.2 Å². The minimum atomic E-state index is -4.81. The largest absolute Gasteiger partial charge is 0.573 e. The van der Waals surface area contributed by atoms with Crippen molar-refractivity contribution < 1.29 is 41.1 Å². The molecule has 0 atom stereocenters. The average molecular weight is 549 g/mol. The van der Waals surface area contributed by atoms with E-state index in [1.807, 2.05) is 6.26 Å². The van der Waals surface area contributed by atoms with Crippen molar-refractivity contribution in [1.29, 1.82) is 0 Å². The molecule has 2 aromatic carbocycles. The number of carbonyl (C=O) groups is 1. The van der Waals surface area contributed by atoms with Gasteiger partial charge in [-0.1, -0.05) is 0 Å². The number of thioether (sulfide) groups is 1. The number of likely N-dealkylation sites (tertiary alicyclic amines) is 1. The Morgan fingerprint density at radius 3 is 2.08 bits per heavy atom. The number of alkyl halides is 3. The quantitative estimate of drug-likeness (QED) is 0.258. The predicted molar refractivity (Wildman–Crippen MR) is 128 cm³/mol. The van der Waals surface area contributed by atoms with Gasteiger partial charge in [-0.15, -0.1) is 13.2 Å². The first kappa shape index (κ1) is 28.1. The van der Waals surface area contributed by atoms with E-state index in [1.165, 1.54) is 41.9 Å². The molecule has 2 N–H and O–H groups in total. The molecule has 0 aliphatic carbocycles. The van der Waals surface area contributed by atoms with E-state index in [4.69, 9.17) is 4.74 Å². The fraction of sp³-hybridized carbons (Fsp3) is 0.435. The number of piperidine rings is 1. The van der Waals surface area contributed by atoms with Crippen molar-refractivity contribution in [2.75, 3.05) is 31.6 Å². The van der Waals surface area contributed by atoms with Crippen molar-refractivity contribution in [2.45, 2.75) is 35.3 Å².